The highest BCUT2D eigenvalue weighted by atomic mass is 35.5. The predicted octanol–water partition coefficient (Wildman–Crippen LogP) is 4.69. The fourth-order valence-electron chi connectivity index (χ4n) is 8.72. The Morgan fingerprint density at radius 2 is 1.66 bits per heavy atom. The number of piperazine rings is 1. The number of rotatable bonds is 9. The number of ether oxygens (including phenoxy) is 1. The van der Waals surface area contributed by atoms with E-state index in [4.69, 9.17) is 21.6 Å². The minimum absolute atomic E-state index is 0.00813. The minimum atomic E-state index is -0.944. The Hall–Kier alpha value is -5.59. The molecule has 5 heterocycles. The van der Waals surface area contributed by atoms with Crippen LogP contribution < -0.4 is 25.2 Å². The summed E-state index contributed by atoms with van der Waals surface area (Å²) in [5.41, 5.74) is 1.65. The quantitative estimate of drug-likeness (QED) is 0.289. The molecule has 14 nitrogen and oxygen atoms in total. The maximum absolute atomic E-state index is 15.4. The SMILES string of the molecule is C=C1CCC(N2C(=O)c3cc(F)c(N4CCN(CC5CCN(c6cnc(C(=O)NC7CCC(Oc8ccc(C#N)c(Cl)c8)CC7)cn6)CC5)CC4)cc3C2=O)C(=O)N1. The fourth-order valence-corrected chi connectivity index (χ4v) is 8.93. The molecular formula is C42H45ClFN9O5. The molecule has 16 heteroatoms. The van der Waals surface area contributed by atoms with Crippen LogP contribution in [0, 0.1) is 23.1 Å². The van der Waals surface area contributed by atoms with Crippen LogP contribution in [0.3, 0.4) is 0 Å². The topological polar surface area (TPSA) is 164 Å². The third-order valence-corrected chi connectivity index (χ3v) is 12.3. The van der Waals surface area contributed by atoms with Crippen molar-refractivity contribution in [3.63, 3.8) is 0 Å². The maximum Gasteiger partial charge on any atom is 0.271 e. The molecule has 58 heavy (non-hydrogen) atoms. The van der Waals surface area contributed by atoms with Crippen molar-refractivity contribution in [1.82, 2.24) is 30.4 Å². The van der Waals surface area contributed by atoms with Crippen LogP contribution in [0.1, 0.15) is 88.1 Å². The highest BCUT2D eigenvalue weighted by Gasteiger charge is 2.45. The van der Waals surface area contributed by atoms with E-state index in [1.807, 2.05) is 11.0 Å². The molecule has 2 N–H and O–H groups in total. The van der Waals surface area contributed by atoms with Gasteiger partial charge >= 0.3 is 0 Å². The van der Waals surface area contributed by atoms with Crippen molar-refractivity contribution in [2.24, 2.45) is 5.92 Å². The lowest BCUT2D eigenvalue weighted by molar-refractivity contribution is -0.125. The molecule has 1 saturated carbocycles. The van der Waals surface area contributed by atoms with E-state index in [0.717, 1.165) is 88.0 Å². The Morgan fingerprint density at radius 1 is 0.931 bits per heavy atom. The number of carbonyl (C=O) groups excluding carboxylic acids is 4. The maximum atomic E-state index is 15.4. The van der Waals surface area contributed by atoms with Gasteiger partial charge in [0.25, 0.3) is 17.7 Å². The molecule has 0 radical (unpaired) electrons. The van der Waals surface area contributed by atoms with Crippen molar-refractivity contribution < 1.29 is 28.3 Å². The summed E-state index contributed by atoms with van der Waals surface area (Å²) in [5.74, 6) is -0.604. The van der Waals surface area contributed by atoms with Crippen LogP contribution in [0.2, 0.25) is 5.02 Å². The van der Waals surface area contributed by atoms with Gasteiger partial charge in [-0.15, -0.1) is 0 Å². The van der Waals surface area contributed by atoms with Crippen LogP contribution in [0.5, 0.6) is 5.75 Å². The van der Waals surface area contributed by atoms with Crippen LogP contribution in [0.4, 0.5) is 15.9 Å². The Kier molecular flexibility index (Phi) is 11.3. The Morgan fingerprint density at radius 3 is 2.31 bits per heavy atom. The second-order valence-electron chi connectivity index (χ2n) is 15.8. The highest BCUT2D eigenvalue weighted by Crippen LogP contribution is 2.34. The van der Waals surface area contributed by atoms with Crippen LogP contribution in [0.25, 0.3) is 0 Å². The number of benzene rings is 2. The molecule has 5 aliphatic rings. The molecule has 0 bridgehead atoms. The highest BCUT2D eigenvalue weighted by molar-refractivity contribution is 6.31. The summed E-state index contributed by atoms with van der Waals surface area (Å²) in [6.07, 6.45) is 9.04. The zero-order valence-electron chi connectivity index (χ0n) is 32.1. The number of piperidine rings is 2. The average Bonchev–Trinajstić information content (AvgIpc) is 3.46. The number of nitriles is 1. The predicted molar refractivity (Wildman–Crippen MR) is 213 cm³/mol. The van der Waals surface area contributed by atoms with Gasteiger partial charge in [0.1, 0.15) is 35.2 Å². The summed E-state index contributed by atoms with van der Waals surface area (Å²) in [6.45, 7) is 8.96. The number of halogens is 2. The third-order valence-electron chi connectivity index (χ3n) is 12.0. The summed E-state index contributed by atoms with van der Waals surface area (Å²) >= 11 is 6.14. The number of allylic oxidation sites excluding steroid dienone is 1. The number of nitrogens with one attached hydrogen (secondary N) is 2. The molecule has 4 amide bonds. The molecular weight excluding hydrogens is 765 g/mol. The fraction of sp³-hybridized carbons (Fsp3) is 0.452. The number of anilines is 2. The number of imide groups is 1. The first-order valence-corrected chi connectivity index (χ1v) is 20.3. The monoisotopic (exact) mass is 809 g/mol. The molecule has 2 aromatic carbocycles. The van der Waals surface area contributed by atoms with Gasteiger partial charge in [-0.3, -0.25) is 29.0 Å². The zero-order chi connectivity index (χ0) is 40.5. The van der Waals surface area contributed by atoms with Crippen molar-refractivity contribution in [3.8, 4) is 11.8 Å². The lowest BCUT2D eigenvalue weighted by atomic mass is 9.93. The van der Waals surface area contributed by atoms with Crippen LogP contribution in [-0.4, -0.2) is 107 Å². The van der Waals surface area contributed by atoms with Crippen molar-refractivity contribution in [3.05, 3.63) is 88.2 Å². The lowest BCUT2D eigenvalue weighted by Crippen LogP contribution is -2.51. The second-order valence-corrected chi connectivity index (χ2v) is 16.2. The first kappa shape index (κ1) is 39.2. The van der Waals surface area contributed by atoms with Crippen molar-refractivity contribution in [2.75, 3.05) is 55.6 Å². The Labute approximate surface area is 341 Å². The van der Waals surface area contributed by atoms with E-state index < -0.39 is 29.6 Å². The first-order valence-electron chi connectivity index (χ1n) is 20.0. The third kappa shape index (κ3) is 8.21. The normalized spacial score (nSPS) is 23.1. The van der Waals surface area contributed by atoms with Crippen LogP contribution in [0.15, 0.2) is 55.0 Å². The van der Waals surface area contributed by atoms with E-state index in [1.54, 1.807) is 30.6 Å². The average molecular weight is 810 g/mol. The van der Waals surface area contributed by atoms with E-state index >= 15 is 4.39 Å². The number of amides is 4. The van der Waals surface area contributed by atoms with Crippen LogP contribution >= 0.6 is 11.6 Å². The summed E-state index contributed by atoms with van der Waals surface area (Å²) in [6, 6.07) is 8.80. The summed E-state index contributed by atoms with van der Waals surface area (Å²) in [5, 5.41) is 15.2. The summed E-state index contributed by atoms with van der Waals surface area (Å²) in [4.78, 5) is 68.6. The van der Waals surface area contributed by atoms with Gasteiger partial charge in [0.15, 0.2) is 0 Å². The summed E-state index contributed by atoms with van der Waals surface area (Å²) < 4.78 is 21.5. The molecule has 4 aliphatic heterocycles. The van der Waals surface area contributed by atoms with Crippen molar-refractivity contribution >= 4 is 46.7 Å². The van der Waals surface area contributed by atoms with Gasteiger partial charge in [-0.2, -0.15) is 5.26 Å². The molecule has 302 valence electrons. The molecule has 1 unspecified atom stereocenters. The van der Waals surface area contributed by atoms with E-state index in [2.05, 4.69) is 37.0 Å². The number of nitrogens with zero attached hydrogens (tertiary/aromatic N) is 7. The van der Waals surface area contributed by atoms with Gasteiger partial charge in [0.2, 0.25) is 5.91 Å². The van der Waals surface area contributed by atoms with E-state index in [-0.39, 0.29) is 41.3 Å². The minimum Gasteiger partial charge on any atom is -0.490 e. The molecule has 3 saturated heterocycles. The Balaban J connectivity index is 0.764. The molecule has 1 aromatic heterocycles. The molecule has 1 aliphatic carbocycles. The van der Waals surface area contributed by atoms with Crippen molar-refractivity contribution in [2.45, 2.75) is 69.6 Å². The van der Waals surface area contributed by atoms with Crippen LogP contribution in [-0.2, 0) is 4.79 Å². The van der Waals surface area contributed by atoms with E-state index in [0.29, 0.717) is 53.1 Å². The van der Waals surface area contributed by atoms with Gasteiger partial charge < -0.3 is 25.2 Å². The van der Waals surface area contributed by atoms with Gasteiger partial charge in [-0.05, 0) is 81.5 Å². The number of fused-ring (bicyclic) bond motifs is 1. The van der Waals surface area contributed by atoms with Gasteiger partial charge in [0, 0.05) is 63.6 Å². The van der Waals surface area contributed by atoms with E-state index in [1.165, 1.54) is 6.07 Å². The van der Waals surface area contributed by atoms with Gasteiger partial charge in [-0.25, -0.2) is 14.4 Å². The lowest BCUT2D eigenvalue weighted by Gasteiger charge is -2.40. The standard InChI is InChI=1S/C42H45ClFN9O5/c1-25-2-9-36(40(55)48-25)53-41(56)31-19-34(44)37(20-32(31)42(53)57)51-16-14-50(15-17-51)24-26-10-12-52(13-11-26)38-23-46-35(22-47-38)39(54)49-28-4-7-29(8-5-28)58-30-6-3-27(21-45)33(43)18-30/h3,6,18-20,22-23,26,28-29,36H,1-2,4-5,7-17,24H2,(H,48,55)(H,49,54). The van der Waals surface area contributed by atoms with Gasteiger partial charge in [-0.1, -0.05) is 18.2 Å². The largest absolute Gasteiger partial charge is 0.490 e. The molecule has 4 fully saturated rings. The smallest absolute Gasteiger partial charge is 0.271 e. The Bertz CT molecular complexity index is 2160. The number of hydrogen-bond acceptors (Lipinski definition) is 11. The second kappa shape index (κ2) is 16.7. The van der Waals surface area contributed by atoms with Crippen molar-refractivity contribution in [1.29, 1.82) is 5.26 Å². The number of aromatic nitrogens is 2. The van der Waals surface area contributed by atoms with Gasteiger partial charge in [0.05, 0.1) is 45.9 Å². The van der Waals surface area contributed by atoms with E-state index in [9.17, 15) is 19.2 Å². The molecule has 1 atom stereocenters. The number of carbonyl (C=O) groups is 4. The molecule has 8 rings (SSSR count). The summed E-state index contributed by atoms with van der Waals surface area (Å²) in [7, 11) is 0. The number of hydrogen-bond donors (Lipinski definition) is 2. The zero-order valence-corrected chi connectivity index (χ0v) is 32.8. The first-order chi connectivity index (χ1) is 28.0. The molecule has 3 aromatic rings. The molecule has 0 spiro atoms.